The molecule has 18 heavy (non-hydrogen) atoms. The predicted molar refractivity (Wildman–Crippen MR) is 65.5 cm³/mol. The van der Waals surface area contributed by atoms with Crippen LogP contribution in [0.1, 0.15) is 17.2 Å². The zero-order chi connectivity index (χ0) is 13.3. The van der Waals surface area contributed by atoms with Crippen molar-refractivity contribution in [2.24, 2.45) is 11.5 Å². The quantitative estimate of drug-likeness (QED) is 0.578. The number of imide groups is 1. The second kappa shape index (κ2) is 4.42. The minimum atomic E-state index is -0.944. The van der Waals surface area contributed by atoms with Crippen LogP contribution in [0, 0.1) is 0 Å². The van der Waals surface area contributed by atoms with Crippen molar-refractivity contribution in [2.45, 2.75) is 6.04 Å². The summed E-state index contributed by atoms with van der Waals surface area (Å²) in [6.07, 6.45) is 3.44. The number of carbonyl (C=O) groups is 3. The summed E-state index contributed by atoms with van der Waals surface area (Å²) in [7, 11) is 0. The molecule has 1 aromatic rings. The number of allylic oxidation sites excluding steroid dienone is 1. The number of carbonyl (C=O) groups excluding carboxylic acids is 3. The maximum atomic E-state index is 11.8. The van der Waals surface area contributed by atoms with Crippen LogP contribution >= 0.6 is 0 Å². The van der Waals surface area contributed by atoms with Gasteiger partial charge in [0, 0.05) is 5.56 Å². The lowest BCUT2D eigenvalue weighted by Gasteiger charge is -2.11. The lowest BCUT2D eigenvalue weighted by molar-refractivity contribution is -0.118. The van der Waals surface area contributed by atoms with Gasteiger partial charge >= 0.3 is 6.03 Å². The van der Waals surface area contributed by atoms with Gasteiger partial charge in [-0.1, -0.05) is 18.2 Å². The highest BCUT2D eigenvalue weighted by Gasteiger charge is 2.38. The molecule has 0 spiro atoms. The largest absolute Gasteiger partial charge is 0.351 e. The summed E-state index contributed by atoms with van der Waals surface area (Å²) in [5, 5.41) is 0. The molecule has 0 bridgehead atoms. The van der Waals surface area contributed by atoms with Crippen molar-refractivity contribution in [3.8, 4) is 0 Å². The van der Waals surface area contributed by atoms with Crippen molar-refractivity contribution in [3.05, 3.63) is 35.4 Å². The summed E-state index contributed by atoms with van der Waals surface area (Å²) in [6.45, 7) is 0. The van der Waals surface area contributed by atoms with Gasteiger partial charge in [0.25, 0.3) is 5.91 Å². The van der Waals surface area contributed by atoms with Gasteiger partial charge in [-0.05, 0) is 17.7 Å². The van der Waals surface area contributed by atoms with E-state index in [2.05, 4.69) is 0 Å². The van der Waals surface area contributed by atoms with Crippen LogP contribution in [0.25, 0.3) is 6.08 Å². The number of nitrogens with zero attached hydrogens (tertiary/aromatic N) is 1. The molecule has 1 atom stereocenters. The molecule has 1 aliphatic rings. The number of fused-ring (bicyclic) bond motifs is 1. The van der Waals surface area contributed by atoms with Gasteiger partial charge in [0.1, 0.15) is 12.3 Å². The number of aldehydes is 1. The second-order valence-electron chi connectivity index (χ2n) is 3.76. The van der Waals surface area contributed by atoms with E-state index in [1.54, 1.807) is 18.2 Å². The summed E-state index contributed by atoms with van der Waals surface area (Å²) < 4.78 is 0. The molecule has 6 nitrogen and oxygen atoms in total. The van der Waals surface area contributed by atoms with E-state index in [0.717, 1.165) is 4.90 Å². The Morgan fingerprint density at radius 3 is 2.72 bits per heavy atom. The normalized spacial score (nSPS) is 18.2. The van der Waals surface area contributed by atoms with Crippen molar-refractivity contribution in [1.29, 1.82) is 0 Å². The highest BCUT2D eigenvalue weighted by atomic mass is 16.2. The van der Waals surface area contributed by atoms with Crippen LogP contribution in [-0.4, -0.2) is 18.2 Å². The summed E-state index contributed by atoms with van der Waals surface area (Å²) in [4.78, 5) is 34.3. The van der Waals surface area contributed by atoms with Crippen LogP contribution in [0.15, 0.2) is 24.3 Å². The van der Waals surface area contributed by atoms with Gasteiger partial charge in [-0.3, -0.25) is 9.59 Å². The summed E-state index contributed by atoms with van der Waals surface area (Å²) in [5.41, 5.74) is 12.4. The van der Waals surface area contributed by atoms with Crippen LogP contribution in [0.3, 0.4) is 0 Å². The minimum absolute atomic E-state index is 0.369. The molecule has 1 unspecified atom stereocenters. The number of urea groups is 1. The number of hydrogen-bond acceptors (Lipinski definition) is 4. The van der Waals surface area contributed by atoms with Crippen LogP contribution in [0.5, 0.6) is 0 Å². The molecule has 0 radical (unpaired) electrons. The van der Waals surface area contributed by atoms with E-state index >= 15 is 0 Å². The zero-order valence-electron chi connectivity index (χ0n) is 9.37. The molecule has 2 rings (SSSR count). The SMILES string of the molecule is NC(=O)N1C(=O)C(N)c2c(/C=C/C=O)cccc21. The molecule has 92 valence electrons. The molecule has 0 fully saturated rings. The molecule has 6 heteroatoms. The fraction of sp³-hybridized carbons (Fsp3) is 0.0833. The van der Waals surface area contributed by atoms with Gasteiger partial charge in [-0.2, -0.15) is 0 Å². The first kappa shape index (κ1) is 12.0. The van der Waals surface area contributed by atoms with E-state index in [-0.39, 0.29) is 0 Å². The summed E-state index contributed by atoms with van der Waals surface area (Å²) in [5.74, 6) is -0.565. The molecule has 1 aliphatic heterocycles. The van der Waals surface area contributed by atoms with Gasteiger partial charge in [-0.25, -0.2) is 9.69 Å². The third-order valence-corrected chi connectivity index (χ3v) is 2.73. The smallest absolute Gasteiger partial charge is 0.326 e. The number of anilines is 1. The molecule has 0 saturated heterocycles. The first-order valence-electron chi connectivity index (χ1n) is 5.21. The zero-order valence-corrected chi connectivity index (χ0v) is 9.37. The van der Waals surface area contributed by atoms with Crippen LogP contribution in [0.2, 0.25) is 0 Å². The molecule has 0 aliphatic carbocycles. The van der Waals surface area contributed by atoms with Gasteiger partial charge in [0.05, 0.1) is 5.69 Å². The Kier molecular flexibility index (Phi) is 2.95. The van der Waals surface area contributed by atoms with Gasteiger partial charge in [0.2, 0.25) is 0 Å². The van der Waals surface area contributed by atoms with Crippen molar-refractivity contribution >= 4 is 30.0 Å². The Morgan fingerprint density at radius 1 is 1.39 bits per heavy atom. The Bertz CT molecular complexity index is 566. The molecule has 1 aromatic carbocycles. The van der Waals surface area contributed by atoms with E-state index < -0.39 is 18.0 Å². The van der Waals surface area contributed by atoms with Crippen LogP contribution in [-0.2, 0) is 9.59 Å². The number of hydrogen-bond donors (Lipinski definition) is 2. The van der Waals surface area contributed by atoms with Crippen molar-refractivity contribution in [2.75, 3.05) is 4.90 Å². The van der Waals surface area contributed by atoms with Gasteiger partial charge < -0.3 is 11.5 Å². The van der Waals surface area contributed by atoms with E-state index in [9.17, 15) is 14.4 Å². The number of primary amides is 1. The Hall–Kier alpha value is -2.47. The first-order valence-corrected chi connectivity index (χ1v) is 5.21. The molecule has 3 amide bonds. The summed E-state index contributed by atoms with van der Waals surface area (Å²) in [6, 6.07) is 3.13. The molecular weight excluding hydrogens is 234 g/mol. The van der Waals surface area contributed by atoms with Gasteiger partial charge in [0.15, 0.2) is 0 Å². The fourth-order valence-corrected chi connectivity index (χ4v) is 2.00. The van der Waals surface area contributed by atoms with Crippen molar-refractivity contribution in [1.82, 2.24) is 0 Å². The maximum absolute atomic E-state index is 11.8. The minimum Gasteiger partial charge on any atom is -0.351 e. The lowest BCUT2D eigenvalue weighted by atomic mass is 10.0. The van der Waals surface area contributed by atoms with E-state index in [1.165, 1.54) is 12.2 Å². The number of nitrogens with two attached hydrogens (primary N) is 2. The topological polar surface area (TPSA) is 106 Å². The standard InChI is InChI=1S/C12H11N3O3/c13-10-9-7(4-2-6-16)3-1-5-8(9)15(11(10)17)12(14)18/h1-6,10H,13H2,(H2,14,18)/b4-2+. The van der Waals surface area contributed by atoms with Crippen molar-refractivity contribution in [3.63, 3.8) is 0 Å². The van der Waals surface area contributed by atoms with Gasteiger partial charge in [-0.15, -0.1) is 0 Å². The van der Waals surface area contributed by atoms with E-state index in [4.69, 9.17) is 11.5 Å². The lowest BCUT2D eigenvalue weighted by Crippen LogP contribution is -2.40. The molecule has 0 aromatic heterocycles. The monoisotopic (exact) mass is 245 g/mol. The average Bonchev–Trinajstić information content (AvgIpc) is 2.60. The van der Waals surface area contributed by atoms with Crippen molar-refractivity contribution < 1.29 is 14.4 Å². The molecule has 1 heterocycles. The Labute approximate surface area is 103 Å². The third-order valence-electron chi connectivity index (χ3n) is 2.73. The highest BCUT2D eigenvalue weighted by Crippen LogP contribution is 2.37. The molecular formula is C12H11N3O3. The Morgan fingerprint density at radius 2 is 2.11 bits per heavy atom. The highest BCUT2D eigenvalue weighted by molar-refractivity contribution is 6.20. The molecule has 4 N–H and O–H groups in total. The van der Waals surface area contributed by atoms with Crippen LogP contribution < -0.4 is 16.4 Å². The fourth-order valence-electron chi connectivity index (χ4n) is 2.00. The predicted octanol–water partition coefficient (Wildman–Crippen LogP) is 0.324. The van der Waals surface area contributed by atoms with Crippen LogP contribution in [0.4, 0.5) is 10.5 Å². The Balaban J connectivity index is 2.61. The third kappa shape index (κ3) is 1.68. The van der Waals surface area contributed by atoms with E-state index in [1.807, 2.05) is 0 Å². The number of benzene rings is 1. The first-order chi connectivity index (χ1) is 8.57. The maximum Gasteiger partial charge on any atom is 0.326 e. The number of rotatable bonds is 2. The number of amides is 3. The average molecular weight is 245 g/mol. The second-order valence-corrected chi connectivity index (χ2v) is 3.76. The molecule has 0 saturated carbocycles. The van der Waals surface area contributed by atoms with E-state index in [0.29, 0.717) is 23.1 Å². The summed E-state index contributed by atoms with van der Waals surface area (Å²) >= 11 is 0.